The number of piperidine rings is 2. The van der Waals surface area contributed by atoms with Crippen molar-refractivity contribution in [3.63, 3.8) is 0 Å². The highest BCUT2D eigenvalue weighted by atomic mass is 16.5. The summed E-state index contributed by atoms with van der Waals surface area (Å²) in [6, 6.07) is 3.72. The smallest absolute Gasteiger partial charge is 0.166 e. The number of likely N-dealkylation sites (N-methyl/N-ethyl adjacent to an activating group) is 2. The average molecular weight is 585 g/mol. The van der Waals surface area contributed by atoms with Crippen molar-refractivity contribution in [3.8, 4) is 34.5 Å². The van der Waals surface area contributed by atoms with Crippen LogP contribution in [-0.2, 0) is 23.7 Å². The van der Waals surface area contributed by atoms with Gasteiger partial charge in [0.15, 0.2) is 23.0 Å². The maximum Gasteiger partial charge on any atom is 0.166 e. The molecule has 2 spiro atoms. The minimum atomic E-state index is -0.753. The quantitative estimate of drug-likeness (QED) is 0.396. The molecule has 224 valence electrons. The molecule has 0 unspecified atom stereocenters. The van der Waals surface area contributed by atoms with Crippen LogP contribution in [0.4, 0.5) is 0 Å². The van der Waals surface area contributed by atoms with Crippen molar-refractivity contribution >= 4 is 0 Å². The molecule has 4 aliphatic heterocycles. The fourth-order valence-corrected chi connectivity index (χ4v) is 10.9. The van der Waals surface area contributed by atoms with Crippen LogP contribution in [0.2, 0.25) is 0 Å². The van der Waals surface area contributed by atoms with E-state index in [1.165, 1.54) is 0 Å². The average Bonchev–Trinajstić information content (AvgIpc) is 3.52. The Bertz CT molecular complexity index is 1570. The van der Waals surface area contributed by atoms with E-state index < -0.39 is 35.2 Å². The predicted octanol–water partition coefficient (Wildman–Crippen LogP) is 2.50. The van der Waals surface area contributed by atoms with E-state index in [9.17, 15) is 20.4 Å². The van der Waals surface area contributed by atoms with E-state index in [4.69, 9.17) is 14.2 Å². The van der Waals surface area contributed by atoms with Crippen LogP contribution in [0.1, 0.15) is 35.1 Å². The number of phenolic OH excluding ortho intramolecular Hbond substituents is 2. The number of aromatic hydroxyl groups is 2. The Kier molecular flexibility index (Phi) is 4.60. The summed E-state index contributed by atoms with van der Waals surface area (Å²) in [5.41, 5.74) is 3.10. The second-order valence-corrected chi connectivity index (χ2v) is 14.2. The highest BCUT2D eigenvalue weighted by molar-refractivity contribution is 5.69. The van der Waals surface area contributed by atoms with Crippen molar-refractivity contribution in [2.24, 2.45) is 11.8 Å². The van der Waals surface area contributed by atoms with Gasteiger partial charge in [-0.25, -0.2) is 0 Å². The Morgan fingerprint density at radius 3 is 1.60 bits per heavy atom. The van der Waals surface area contributed by atoms with Crippen molar-refractivity contribution in [2.75, 3.05) is 27.2 Å². The van der Waals surface area contributed by atoms with E-state index in [0.717, 1.165) is 61.0 Å². The van der Waals surface area contributed by atoms with Gasteiger partial charge in [0.05, 0.1) is 0 Å². The first-order chi connectivity index (χ1) is 20.7. The Labute approximate surface area is 249 Å². The number of nitrogens with zero attached hydrogens (tertiary/aromatic N) is 2. The van der Waals surface area contributed by atoms with Gasteiger partial charge in [-0.3, -0.25) is 0 Å². The molecule has 2 saturated heterocycles. The third kappa shape index (κ3) is 2.72. The molecule has 10 atom stereocenters. The van der Waals surface area contributed by atoms with Crippen molar-refractivity contribution < 1.29 is 34.6 Å². The zero-order chi connectivity index (χ0) is 29.2. The van der Waals surface area contributed by atoms with Crippen LogP contribution < -0.4 is 14.2 Å². The second-order valence-electron chi connectivity index (χ2n) is 14.2. The molecule has 9 heteroatoms. The highest BCUT2D eigenvalue weighted by Gasteiger charge is 2.66. The van der Waals surface area contributed by atoms with Crippen LogP contribution in [0.5, 0.6) is 34.5 Å². The molecule has 10 rings (SSSR count). The van der Waals surface area contributed by atoms with E-state index in [-0.39, 0.29) is 35.4 Å². The minimum Gasteiger partial charge on any atom is -0.504 e. The molecular formula is C34H36N2O7. The number of hydrogen-bond acceptors (Lipinski definition) is 9. The second kappa shape index (κ2) is 7.88. The number of ether oxygens (including phenoxy) is 3. The molecule has 2 aromatic rings. The molecule has 0 aromatic heterocycles. The zero-order valence-electron chi connectivity index (χ0n) is 24.2. The first-order valence-corrected chi connectivity index (χ1v) is 15.7. The van der Waals surface area contributed by atoms with Gasteiger partial charge in [0.25, 0.3) is 0 Å². The Hall–Kier alpha value is -3.24. The van der Waals surface area contributed by atoms with Crippen LogP contribution in [0.25, 0.3) is 0 Å². The van der Waals surface area contributed by atoms with Gasteiger partial charge in [-0.2, -0.15) is 0 Å². The summed E-state index contributed by atoms with van der Waals surface area (Å²) < 4.78 is 19.7. The molecule has 2 aromatic carbocycles. The molecule has 2 fully saturated rings. The number of likely N-dealkylation sites (tertiary alicyclic amines) is 2. The molecule has 0 saturated carbocycles. The molecule has 9 nitrogen and oxygen atoms in total. The molecule has 8 aliphatic rings. The van der Waals surface area contributed by atoms with Gasteiger partial charge < -0.3 is 44.4 Å². The third-order valence-corrected chi connectivity index (χ3v) is 12.7. The van der Waals surface area contributed by atoms with Gasteiger partial charge in [-0.15, -0.1) is 0 Å². The fourth-order valence-electron chi connectivity index (χ4n) is 10.9. The Balaban J connectivity index is 1.16. The molecular weight excluding hydrogens is 548 g/mol. The number of aliphatic hydroxyl groups is 2. The van der Waals surface area contributed by atoms with Crippen molar-refractivity contribution in [1.82, 2.24) is 9.80 Å². The fraction of sp³-hybridized carbons (Fsp3) is 0.529. The van der Waals surface area contributed by atoms with Crippen LogP contribution >= 0.6 is 0 Å². The summed E-state index contributed by atoms with van der Waals surface area (Å²) in [4.78, 5) is 4.79. The zero-order valence-corrected chi connectivity index (χ0v) is 24.2. The van der Waals surface area contributed by atoms with E-state index >= 15 is 0 Å². The summed E-state index contributed by atoms with van der Waals surface area (Å²) in [6.45, 7) is 1.77. The van der Waals surface area contributed by atoms with E-state index in [1.807, 2.05) is 12.2 Å². The number of phenols is 2. The number of aliphatic hydroxyl groups excluding tert-OH is 2. The first kappa shape index (κ1) is 25.1. The molecule has 4 N–H and O–H groups in total. The van der Waals surface area contributed by atoms with E-state index in [1.54, 1.807) is 12.1 Å². The van der Waals surface area contributed by atoms with Gasteiger partial charge in [0, 0.05) is 69.1 Å². The lowest BCUT2D eigenvalue weighted by Gasteiger charge is -2.56. The van der Waals surface area contributed by atoms with Gasteiger partial charge in [0.1, 0.15) is 35.9 Å². The molecule has 43 heavy (non-hydrogen) atoms. The normalized spacial score (nSPS) is 42.2. The maximum absolute atomic E-state index is 11.4. The number of benzene rings is 2. The van der Waals surface area contributed by atoms with Crippen LogP contribution in [-0.4, -0.2) is 93.9 Å². The summed E-state index contributed by atoms with van der Waals surface area (Å²) in [7, 11) is 4.32. The third-order valence-electron chi connectivity index (χ3n) is 12.7. The highest BCUT2D eigenvalue weighted by Crippen LogP contribution is 2.66. The van der Waals surface area contributed by atoms with Crippen LogP contribution in [0.15, 0.2) is 36.4 Å². The number of rotatable bonds is 2. The molecule has 0 amide bonds. The predicted molar refractivity (Wildman–Crippen MR) is 155 cm³/mol. The first-order valence-electron chi connectivity index (χ1n) is 15.7. The summed E-state index contributed by atoms with van der Waals surface area (Å²) in [5, 5.41) is 44.8. The largest absolute Gasteiger partial charge is 0.504 e. The summed E-state index contributed by atoms with van der Waals surface area (Å²) in [6.07, 6.45) is 8.70. The molecule has 4 bridgehead atoms. The van der Waals surface area contributed by atoms with Crippen LogP contribution in [0, 0.1) is 11.8 Å². The van der Waals surface area contributed by atoms with Gasteiger partial charge >= 0.3 is 0 Å². The lowest BCUT2D eigenvalue weighted by molar-refractivity contribution is -0.0456. The molecule has 4 heterocycles. The molecule has 0 radical (unpaired) electrons. The van der Waals surface area contributed by atoms with E-state index in [0.29, 0.717) is 23.0 Å². The minimum absolute atomic E-state index is 0.0130. The monoisotopic (exact) mass is 584 g/mol. The molecule has 4 aliphatic carbocycles. The van der Waals surface area contributed by atoms with Crippen LogP contribution in [0.3, 0.4) is 0 Å². The summed E-state index contributed by atoms with van der Waals surface area (Å²) in [5.74, 6) is 2.43. The summed E-state index contributed by atoms with van der Waals surface area (Å²) >= 11 is 0. The van der Waals surface area contributed by atoms with Gasteiger partial charge in [0.2, 0.25) is 0 Å². The maximum atomic E-state index is 11.4. The standard InChI is InChI=1S/C34H36N2O7/c1-35-9-7-33-17-3-5-21(37)31(33)42-29-23(39)13-25(15(27(29)33)11-19(17)35)41-26-14-24(40)30-28-16(26)12-20-18-4-6-22(38)32(43-30)34(18,28)8-10-36(20)2/h3-6,13-14,17-22,31-32,37-40H,7-12H2,1-2H3/t17-,18-,19+,20+,21-,22-,31-,32-,33-,34-/m0/s1. The Morgan fingerprint density at radius 1 is 0.721 bits per heavy atom. The van der Waals surface area contributed by atoms with Gasteiger partial charge in [-0.05, 0) is 52.9 Å². The van der Waals surface area contributed by atoms with Crippen molar-refractivity contribution in [3.05, 3.63) is 58.7 Å². The van der Waals surface area contributed by atoms with Gasteiger partial charge in [-0.1, -0.05) is 24.3 Å². The van der Waals surface area contributed by atoms with E-state index in [2.05, 4.69) is 36.0 Å². The lowest BCUT2D eigenvalue weighted by Crippen LogP contribution is -2.64. The SMILES string of the molecule is CN1CC[C@]23c4c5c(Oc6cc(O)c7c8c6C[C@@H]6[C@@H]9C=C[C@H](O)[C@H](O7)[C@]89CCN6C)cc(O)c4O[C@H]2[C@@H](O)C=C[C@H]3[C@H]1C5. The van der Waals surface area contributed by atoms with Crippen molar-refractivity contribution in [2.45, 2.75) is 73.0 Å². The number of hydrogen-bond donors (Lipinski definition) is 4. The Morgan fingerprint density at radius 2 is 1.16 bits per heavy atom. The lowest BCUT2D eigenvalue weighted by atomic mass is 9.53. The van der Waals surface area contributed by atoms with Crippen molar-refractivity contribution in [1.29, 1.82) is 0 Å². The topological polar surface area (TPSA) is 115 Å².